The maximum absolute atomic E-state index is 13.4. The van der Waals surface area contributed by atoms with E-state index in [1.165, 1.54) is 0 Å². The summed E-state index contributed by atoms with van der Waals surface area (Å²) in [7, 11) is 0. The first kappa shape index (κ1) is 17.3. The summed E-state index contributed by atoms with van der Waals surface area (Å²) < 4.78 is 13.4. The minimum absolute atomic E-state index is 0.0260. The van der Waals surface area contributed by atoms with E-state index in [0.717, 1.165) is 16.7 Å². The molecule has 0 spiro atoms. The van der Waals surface area contributed by atoms with Crippen LogP contribution >= 0.6 is 34.8 Å². The third-order valence-electron chi connectivity index (χ3n) is 3.41. The highest BCUT2D eigenvalue weighted by molar-refractivity contribution is 6.35. The third-order valence-corrected chi connectivity index (χ3v) is 4.31. The predicted octanol–water partition coefficient (Wildman–Crippen LogP) is 6.06. The maximum atomic E-state index is 13.4. The van der Waals surface area contributed by atoms with Gasteiger partial charge in [-0.05, 0) is 40.8 Å². The van der Waals surface area contributed by atoms with Crippen molar-refractivity contribution in [1.29, 1.82) is 0 Å². The smallest absolute Gasteiger partial charge is 0.160 e. The average Bonchev–Trinajstić information content (AvgIpc) is 2.49. The molecule has 0 amide bonds. The zero-order chi connectivity index (χ0) is 16.3. The van der Waals surface area contributed by atoms with Gasteiger partial charge in [-0.25, -0.2) is 4.39 Å². The number of rotatable bonds is 4. The van der Waals surface area contributed by atoms with E-state index in [1.54, 1.807) is 12.1 Å². The van der Waals surface area contributed by atoms with E-state index in [4.69, 9.17) is 40.5 Å². The molecule has 5 heteroatoms. The van der Waals surface area contributed by atoms with E-state index in [9.17, 15) is 4.39 Å². The summed E-state index contributed by atoms with van der Waals surface area (Å²) in [5, 5.41) is 0.696. The lowest BCUT2D eigenvalue weighted by molar-refractivity contribution is 0.627. The van der Waals surface area contributed by atoms with Crippen molar-refractivity contribution in [2.45, 2.75) is 19.4 Å². The lowest BCUT2D eigenvalue weighted by Crippen LogP contribution is -1.97. The van der Waals surface area contributed by atoms with Crippen LogP contribution in [-0.4, -0.2) is 0 Å². The Kier molecular flexibility index (Phi) is 5.87. The van der Waals surface area contributed by atoms with E-state index >= 15 is 0 Å². The lowest BCUT2D eigenvalue weighted by Gasteiger charge is -2.09. The van der Waals surface area contributed by atoms with Crippen molar-refractivity contribution in [1.82, 2.24) is 0 Å². The molecule has 0 aromatic heterocycles. The van der Waals surface area contributed by atoms with Crippen LogP contribution in [0.4, 0.5) is 4.39 Å². The van der Waals surface area contributed by atoms with Gasteiger partial charge in [-0.1, -0.05) is 66.0 Å². The van der Waals surface area contributed by atoms with Gasteiger partial charge in [-0.3, -0.25) is 0 Å². The predicted molar refractivity (Wildman–Crippen MR) is 93.2 cm³/mol. The Morgan fingerprint density at radius 1 is 1.09 bits per heavy atom. The Hall–Kier alpha value is -1.06. The van der Waals surface area contributed by atoms with Crippen LogP contribution in [0.15, 0.2) is 36.4 Å². The number of benzene rings is 2. The summed E-state index contributed by atoms with van der Waals surface area (Å²) in [4.78, 5) is 0. The maximum Gasteiger partial charge on any atom is 0.160 e. The van der Waals surface area contributed by atoms with E-state index in [2.05, 4.69) is 0 Å². The molecule has 2 aromatic carbocycles. The van der Waals surface area contributed by atoms with Gasteiger partial charge in [0.2, 0.25) is 0 Å². The molecule has 0 aliphatic rings. The van der Waals surface area contributed by atoms with Crippen LogP contribution < -0.4 is 5.73 Å². The quantitative estimate of drug-likeness (QED) is 0.660. The summed E-state index contributed by atoms with van der Waals surface area (Å²) in [6, 6.07) is 8.88. The number of halogens is 4. The van der Waals surface area contributed by atoms with Crippen molar-refractivity contribution in [3.8, 4) is 0 Å². The largest absolute Gasteiger partial charge is 0.326 e. The van der Waals surface area contributed by atoms with Crippen LogP contribution in [-0.2, 0) is 6.54 Å². The molecule has 116 valence electrons. The number of hydrogen-bond acceptors (Lipinski definition) is 1. The van der Waals surface area contributed by atoms with E-state index in [1.807, 2.05) is 37.3 Å². The highest BCUT2D eigenvalue weighted by Crippen LogP contribution is 2.29. The van der Waals surface area contributed by atoms with Crippen LogP contribution in [0, 0.1) is 5.82 Å². The molecule has 22 heavy (non-hydrogen) atoms. The van der Waals surface area contributed by atoms with Gasteiger partial charge in [0, 0.05) is 11.6 Å². The van der Waals surface area contributed by atoms with Crippen molar-refractivity contribution in [3.05, 3.63) is 74.0 Å². The second kappa shape index (κ2) is 7.47. The molecule has 0 fully saturated rings. The molecule has 2 N–H and O–H groups in total. The molecule has 2 aromatic rings. The minimum Gasteiger partial charge on any atom is -0.326 e. The fourth-order valence-corrected chi connectivity index (χ4v) is 2.81. The van der Waals surface area contributed by atoms with Crippen molar-refractivity contribution >= 4 is 40.9 Å². The Balaban J connectivity index is 2.21. The topological polar surface area (TPSA) is 26.0 Å². The van der Waals surface area contributed by atoms with Gasteiger partial charge in [0.05, 0.1) is 10.0 Å². The van der Waals surface area contributed by atoms with Crippen LogP contribution in [0.25, 0.3) is 6.08 Å². The van der Waals surface area contributed by atoms with Crippen molar-refractivity contribution in [2.75, 3.05) is 0 Å². The first-order valence-corrected chi connectivity index (χ1v) is 7.87. The molecule has 1 unspecified atom stereocenters. The monoisotopic (exact) mass is 357 g/mol. The molecular weight excluding hydrogens is 344 g/mol. The van der Waals surface area contributed by atoms with Crippen LogP contribution in [0.5, 0.6) is 0 Å². The van der Waals surface area contributed by atoms with Crippen molar-refractivity contribution in [2.24, 2.45) is 5.73 Å². The molecular formula is C17H15Cl3FN. The fraction of sp³-hybridized carbons (Fsp3) is 0.176. The first-order valence-electron chi connectivity index (χ1n) is 6.73. The number of hydrogen-bond donors (Lipinski definition) is 1. The molecule has 1 atom stereocenters. The SMILES string of the molecule is CC(/C=C/c1ccc(CN)c(Cl)c1)c1cc(Cl)c(F)c(Cl)c1. The molecule has 2 rings (SSSR count). The zero-order valence-corrected chi connectivity index (χ0v) is 14.2. The van der Waals surface area contributed by atoms with E-state index in [0.29, 0.717) is 11.6 Å². The van der Waals surface area contributed by atoms with E-state index < -0.39 is 5.82 Å². The second-order valence-electron chi connectivity index (χ2n) is 5.00. The van der Waals surface area contributed by atoms with Crippen molar-refractivity contribution < 1.29 is 4.39 Å². The first-order chi connectivity index (χ1) is 10.4. The Morgan fingerprint density at radius 3 is 2.27 bits per heavy atom. The minimum atomic E-state index is -0.590. The summed E-state index contributed by atoms with van der Waals surface area (Å²) in [5.74, 6) is -0.559. The summed E-state index contributed by atoms with van der Waals surface area (Å²) in [6.07, 6.45) is 3.93. The van der Waals surface area contributed by atoms with Gasteiger partial charge < -0.3 is 5.73 Å². The van der Waals surface area contributed by atoms with Gasteiger partial charge in [-0.2, -0.15) is 0 Å². The van der Waals surface area contributed by atoms with Gasteiger partial charge in [0.25, 0.3) is 0 Å². The molecule has 0 aliphatic heterocycles. The fourth-order valence-electron chi connectivity index (χ4n) is 2.04. The van der Waals surface area contributed by atoms with Gasteiger partial charge in [0.1, 0.15) is 0 Å². The van der Waals surface area contributed by atoms with Gasteiger partial charge in [-0.15, -0.1) is 0 Å². The third kappa shape index (κ3) is 4.02. The summed E-state index contributed by atoms with van der Waals surface area (Å²) in [6.45, 7) is 2.39. The highest BCUT2D eigenvalue weighted by atomic mass is 35.5. The van der Waals surface area contributed by atoms with Crippen LogP contribution in [0.3, 0.4) is 0 Å². The molecule has 1 nitrogen and oxygen atoms in total. The Bertz CT molecular complexity index is 690. The summed E-state index contributed by atoms with van der Waals surface area (Å²) >= 11 is 17.8. The number of nitrogens with two attached hydrogens (primary N) is 1. The standard InChI is InChI=1S/C17H15Cl3FN/c1-10(13-7-15(19)17(21)16(20)8-13)2-3-11-4-5-12(9-22)14(18)6-11/h2-8,10H,9,22H2,1H3/b3-2+. The van der Waals surface area contributed by atoms with Crippen LogP contribution in [0.2, 0.25) is 15.1 Å². The second-order valence-corrected chi connectivity index (χ2v) is 6.22. The zero-order valence-electron chi connectivity index (χ0n) is 11.9. The molecule has 0 aliphatic carbocycles. The molecule has 0 radical (unpaired) electrons. The van der Waals surface area contributed by atoms with Crippen LogP contribution in [0.1, 0.15) is 29.5 Å². The Morgan fingerprint density at radius 2 is 1.73 bits per heavy atom. The summed E-state index contributed by atoms with van der Waals surface area (Å²) in [5.41, 5.74) is 8.30. The highest BCUT2D eigenvalue weighted by Gasteiger charge is 2.10. The van der Waals surface area contributed by atoms with E-state index in [-0.39, 0.29) is 16.0 Å². The van der Waals surface area contributed by atoms with Gasteiger partial charge >= 0.3 is 0 Å². The lowest BCUT2D eigenvalue weighted by atomic mass is 9.99. The number of allylic oxidation sites excluding steroid dienone is 1. The molecule has 0 saturated heterocycles. The normalized spacial score (nSPS) is 12.8. The Labute approximate surface area is 144 Å². The molecule has 0 bridgehead atoms. The molecule has 0 saturated carbocycles. The van der Waals surface area contributed by atoms with Gasteiger partial charge in [0.15, 0.2) is 5.82 Å². The average molecular weight is 359 g/mol. The molecule has 0 heterocycles. The van der Waals surface area contributed by atoms with Crippen molar-refractivity contribution in [3.63, 3.8) is 0 Å².